The lowest BCUT2D eigenvalue weighted by atomic mass is 9.93. The van der Waals surface area contributed by atoms with Crippen molar-refractivity contribution in [1.82, 2.24) is 0 Å². The molecule has 1 N–H and O–H groups in total. The van der Waals surface area contributed by atoms with Gasteiger partial charge in [-0.3, -0.25) is 4.79 Å². The Morgan fingerprint density at radius 3 is 2.93 bits per heavy atom. The van der Waals surface area contributed by atoms with Gasteiger partial charge >= 0.3 is 0 Å². The molecule has 0 saturated heterocycles. The van der Waals surface area contributed by atoms with Crippen LogP contribution in [0.5, 0.6) is 0 Å². The van der Waals surface area contributed by atoms with Crippen molar-refractivity contribution in [2.75, 3.05) is 5.32 Å². The van der Waals surface area contributed by atoms with E-state index in [2.05, 4.69) is 15.5 Å². The van der Waals surface area contributed by atoms with Crippen LogP contribution in [-0.4, -0.2) is 5.91 Å². The average Bonchev–Trinajstić information content (AvgIpc) is 2.77. The largest absolute Gasteiger partial charge is 0.323 e. The first kappa shape index (κ1) is 7.44. The molecule has 1 atom stereocenters. The Balaban J connectivity index is 2.29. The highest BCUT2D eigenvalue weighted by Crippen LogP contribution is 2.41. The van der Waals surface area contributed by atoms with Crippen molar-refractivity contribution in [3.8, 4) is 0 Å². The number of hydrogen-bond donors (Lipinski definition) is 1. The summed E-state index contributed by atoms with van der Waals surface area (Å²) >= 11 is 0. The van der Waals surface area contributed by atoms with Crippen LogP contribution in [0.2, 0.25) is 0 Å². The maximum atomic E-state index is 11.7. The first-order valence-corrected chi connectivity index (χ1v) is 4.34. The van der Waals surface area contributed by atoms with Gasteiger partial charge in [0.2, 0.25) is 5.54 Å². The van der Waals surface area contributed by atoms with Crippen LogP contribution in [0.3, 0.4) is 0 Å². The molecular formula is C10H7N3O. The van der Waals surface area contributed by atoms with Crippen LogP contribution in [0.25, 0.3) is 0 Å². The molecule has 4 heteroatoms. The van der Waals surface area contributed by atoms with Crippen LogP contribution in [0, 0.1) is 0 Å². The minimum atomic E-state index is -0.892. The summed E-state index contributed by atoms with van der Waals surface area (Å²) in [7, 11) is 0. The lowest BCUT2D eigenvalue weighted by Crippen LogP contribution is -2.28. The Bertz CT molecular complexity index is 464. The highest BCUT2D eigenvalue weighted by atomic mass is 16.2. The van der Waals surface area contributed by atoms with Crippen molar-refractivity contribution < 1.29 is 4.79 Å². The van der Waals surface area contributed by atoms with Gasteiger partial charge < -0.3 is 5.32 Å². The van der Waals surface area contributed by atoms with Crippen LogP contribution in [0.4, 0.5) is 5.69 Å². The van der Waals surface area contributed by atoms with Gasteiger partial charge in [-0.2, -0.15) is 10.2 Å². The van der Waals surface area contributed by atoms with Gasteiger partial charge in [0, 0.05) is 17.5 Å². The summed E-state index contributed by atoms with van der Waals surface area (Å²) in [5.74, 6) is -0.129. The fourth-order valence-corrected chi connectivity index (χ4v) is 1.83. The predicted molar refractivity (Wildman–Crippen MR) is 50.7 cm³/mol. The molecule has 2 heterocycles. The summed E-state index contributed by atoms with van der Waals surface area (Å²) in [6.45, 7) is 0. The molecule has 1 aromatic carbocycles. The van der Waals surface area contributed by atoms with Gasteiger partial charge in [-0.05, 0) is 12.1 Å². The number of rotatable bonds is 0. The van der Waals surface area contributed by atoms with Gasteiger partial charge in [0.15, 0.2) is 0 Å². The maximum Gasteiger partial charge on any atom is 0.263 e. The lowest BCUT2D eigenvalue weighted by molar-refractivity contribution is -0.119. The molecule has 1 unspecified atom stereocenters. The number of azo groups is 1. The van der Waals surface area contributed by atoms with Crippen LogP contribution in [0.15, 0.2) is 46.8 Å². The van der Waals surface area contributed by atoms with E-state index in [0.29, 0.717) is 0 Å². The molecule has 0 radical (unpaired) electrons. The van der Waals surface area contributed by atoms with Crippen LogP contribution < -0.4 is 5.32 Å². The number of benzene rings is 1. The van der Waals surface area contributed by atoms with E-state index in [1.165, 1.54) is 0 Å². The van der Waals surface area contributed by atoms with Crippen LogP contribution in [-0.2, 0) is 10.3 Å². The molecule has 68 valence electrons. The van der Waals surface area contributed by atoms with Crippen LogP contribution >= 0.6 is 0 Å². The van der Waals surface area contributed by atoms with Crippen molar-refractivity contribution in [1.29, 1.82) is 0 Å². The molecular weight excluding hydrogens is 178 g/mol. The number of anilines is 1. The molecule has 1 aromatic rings. The van der Waals surface area contributed by atoms with Crippen molar-refractivity contribution in [2.24, 2.45) is 10.2 Å². The van der Waals surface area contributed by atoms with E-state index in [1.807, 2.05) is 24.3 Å². The predicted octanol–water partition coefficient (Wildman–Crippen LogP) is 1.81. The van der Waals surface area contributed by atoms with Crippen LogP contribution in [0.1, 0.15) is 5.56 Å². The van der Waals surface area contributed by atoms with Crippen molar-refractivity contribution in [3.63, 3.8) is 0 Å². The molecule has 2 aliphatic heterocycles. The number of nitrogens with one attached hydrogen (secondary N) is 1. The Kier molecular flexibility index (Phi) is 1.21. The highest BCUT2D eigenvalue weighted by molar-refractivity contribution is 6.07. The van der Waals surface area contributed by atoms with E-state index in [4.69, 9.17) is 0 Å². The molecule has 0 saturated carbocycles. The number of amides is 1. The summed E-state index contributed by atoms with van der Waals surface area (Å²) in [5.41, 5.74) is 0.807. The molecule has 4 nitrogen and oxygen atoms in total. The first-order valence-electron chi connectivity index (χ1n) is 4.34. The third-order valence-corrected chi connectivity index (χ3v) is 2.53. The molecule has 2 aliphatic rings. The van der Waals surface area contributed by atoms with Crippen molar-refractivity contribution >= 4 is 11.6 Å². The SMILES string of the molecule is O=C1Nc2ccccc2C12C=CN=N2. The normalized spacial score (nSPS) is 27.0. The third-order valence-electron chi connectivity index (χ3n) is 2.53. The van der Waals surface area contributed by atoms with E-state index in [0.717, 1.165) is 11.3 Å². The quantitative estimate of drug-likeness (QED) is 0.658. The lowest BCUT2D eigenvalue weighted by Gasteiger charge is -2.12. The number of hydrogen-bond acceptors (Lipinski definition) is 3. The Morgan fingerprint density at radius 1 is 1.29 bits per heavy atom. The number of fused-ring (bicyclic) bond motifs is 2. The number of carbonyl (C=O) groups excluding carboxylic acids is 1. The van der Waals surface area contributed by atoms with E-state index in [9.17, 15) is 4.79 Å². The van der Waals surface area contributed by atoms with Gasteiger partial charge in [-0.1, -0.05) is 18.2 Å². The monoisotopic (exact) mass is 185 g/mol. The molecule has 0 bridgehead atoms. The number of nitrogens with zero attached hydrogens (tertiary/aromatic N) is 2. The van der Waals surface area contributed by atoms with Crippen molar-refractivity contribution in [3.05, 3.63) is 42.1 Å². The minimum Gasteiger partial charge on any atom is -0.323 e. The number of carbonyl (C=O) groups is 1. The van der Waals surface area contributed by atoms with E-state index in [-0.39, 0.29) is 5.91 Å². The zero-order valence-corrected chi connectivity index (χ0v) is 7.27. The first-order chi connectivity index (χ1) is 6.83. The second kappa shape index (κ2) is 2.29. The van der Waals surface area contributed by atoms with Crippen molar-refractivity contribution in [2.45, 2.75) is 5.54 Å². The zero-order chi connectivity index (χ0) is 9.60. The van der Waals surface area contributed by atoms with E-state index < -0.39 is 5.54 Å². The molecule has 1 spiro atoms. The Hall–Kier alpha value is -1.97. The smallest absolute Gasteiger partial charge is 0.263 e. The van der Waals surface area contributed by atoms with Gasteiger partial charge in [-0.25, -0.2) is 0 Å². The molecule has 3 rings (SSSR count). The van der Waals surface area contributed by atoms with Gasteiger partial charge in [0.1, 0.15) is 0 Å². The third kappa shape index (κ3) is 0.706. The van der Waals surface area contributed by atoms with Gasteiger partial charge in [0.05, 0.1) is 0 Å². The maximum absolute atomic E-state index is 11.7. The Morgan fingerprint density at radius 2 is 2.14 bits per heavy atom. The fourth-order valence-electron chi connectivity index (χ4n) is 1.83. The molecule has 14 heavy (non-hydrogen) atoms. The standard InChI is InChI=1S/C10H7N3O/c14-9-10(5-6-11-13-10)7-3-1-2-4-8(7)12-9/h1-6H,(H,12,14). The fraction of sp³-hybridized carbons (Fsp3) is 0.100. The summed E-state index contributed by atoms with van der Waals surface area (Å²) in [6.07, 6.45) is 3.27. The molecule has 1 amide bonds. The summed E-state index contributed by atoms with van der Waals surface area (Å²) in [4.78, 5) is 11.7. The zero-order valence-electron chi connectivity index (χ0n) is 7.27. The van der Waals surface area contributed by atoms with E-state index >= 15 is 0 Å². The number of para-hydroxylation sites is 1. The second-order valence-corrected chi connectivity index (χ2v) is 3.30. The van der Waals surface area contributed by atoms with Gasteiger partial charge in [0.25, 0.3) is 5.91 Å². The summed E-state index contributed by atoms with van der Waals surface area (Å²) < 4.78 is 0. The highest BCUT2D eigenvalue weighted by Gasteiger charge is 2.46. The molecule has 0 fully saturated rings. The van der Waals surface area contributed by atoms with Gasteiger partial charge in [-0.15, -0.1) is 0 Å². The average molecular weight is 185 g/mol. The summed E-state index contributed by atoms with van der Waals surface area (Å²) in [6, 6.07) is 7.53. The second-order valence-electron chi connectivity index (χ2n) is 3.30. The molecule has 0 aliphatic carbocycles. The molecule has 0 aromatic heterocycles. The Labute approximate surface area is 80.3 Å². The summed E-state index contributed by atoms with van der Waals surface area (Å²) in [5, 5.41) is 10.5. The minimum absolute atomic E-state index is 0.129. The van der Waals surface area contributed by atoms with E-state index in [1.54, 1.807) is 12.3 Å². The topological polar surface area (TPSA) is 53.8 Å².